The molecule has 0 aromatic heterocycles. The molecule has 0 aromatic rings. The van der Waals surface area contributed by atoms with Gasteiger partial charge in [0.15, 0.2) is 0 Å². The largest absolute Gasteiger partial charge is 0.383 e. The van der Waals surface area contributed by atoms with Gasteiger partial charge < -0.3 is 15.4 Å². The van der Waals surface area contributed by atoms with Crippen molar-refractivity contribution in [1.29, 1.82) is 0 Å². The number of amides is 1. The maximum Gasteiger partial charge on any atom is 0.234 e. The van der Waals surface area contributed by atoms with E-state index in [-0.39, 0.29) is 11.9 Å². The summed E-state index contributed by atoms with van der Waals surface area (Å²) >= 11 is 0. The number of carbonyl (C=O) groups is 1. The van der Waals surface area contributed by atoms with E-state index in [1.807, 2.05) is 0 Å². The van der Waals surface area contributed by atoms with Gasteiger partial charge in [0.05, 0.1) is 13.2 Å². The van der Waals surface area contributed by atoms with E-state index in [2.05, 4.69) is 31.4 Å². The predicted octanol–water partition coefficient (Wildman–Crippen LogP) is 1.16. The Bertz CT molecular complexity index is 184. The summed E-state index contributed by atoms with van der Waals surface area (Å²) in [7, 11) is 1.65. The molecule has 2 N–H and O–H groups in total. The van der Waals surface area contributed by atoms with Crippen LogP contribution in [0.25, 0.3) is 0 Å². The van der Waals surface area contributed by atoms with Gasteiger partial charge in [-0.1, -0.05) is 13.8 Å². The van der Waals surface area contributed by atoms with Crippen molar-refractivity contribution in [2.24, 2.45) is 5.92 Å². The molecule has 0 radical (unpaired) electrons. The maximum absolute atomic E-state index is 11.4. The first-order chi connectivity index (χ1) is 7.56. The van der Waals surface area contributed by atoms with Crippen LogP contribution >= 0.6 is 0 Å². The molecule has 0 heterocycles. The lowest BCUT2D eigenvalue weighted by atomic mass is 10.0. The van der Waals surface area contributed by atoms with Gasteiger partial charge >= 0.3 is 0 Å². The molecule has 0 saturated carbocycles. The predicted molar refractivity (Wildman–Crippen MR) is 66.4 cm³/mol. The van der Waals surface area contributed by atoms with E-state index in [9.17, 15) is 4.79 Å². The average molecular weight is 230 g/mol. The highest BCUT2D eigenvalue weighted by atomic mass is 16.5. The molecule has 96 valence electrons. The van der Waals surface area contributed by atoms with E-state index >= 15 is 0 Å². The zero-order chi connectivity index (χ0) is 12.4. The summed E-state index contributed by atoms with van der Waals surface area (Å²) in [5.74, 6) is 0.756. The first kappa shape index (κ1) is 15.4. The van der Waals surface area contributed by atoms with Crippen molar-refractivity contribution < 1.29 is 9.53 Å². The molecule has 1 unspecified atom stereocenters. The monoisotopic (exact) mass is 230 g/mol. The summed E-state index contributed by atoms with van der Waals surface area (Å²) in [6, 6.07) is 0.263. The molecule has 4 nitrogen and oxygen atoms in total. The highest BCUT2D eigenvalue weighted by Gasteiger charge is 2.07. The minimum atomic E-state index is 0.0624. The minimum absolute atomic E-state index is 0.0624. The van der Waals surface area contributed by atoms with Crippen molar-refractivity contribution in [1.82, 2.24) is 10.6 Å². The van der Waals surface area contributed by atoms with Gasteiger partial charge in [-0.05, 0) is 25.7 Å². The summed E-state index contributed by atoms with van der Waals surface area (Å²) in [6.45, 7) is 8.16. The summed E-state index contributed by atoms with van der Waals surface area (Å²) in [6.07, 6.45) is 2.19. The van der Waals surface area contributed by atoms with Crippen molar-refractivity contribution in [3.63, 3.8) is 0 Å². The molecule has 0 fully saturated rings. The molecular weight excluding hydrogens is 204 g/mol. The first-order valence-corrected chi connectivity index (χ1v) is 6.05. The zero-order valence-electron chi connectivity index (χ0n) is 11.0. The number of carbonyl (C=O) groups excluding carboxylic acids is 1. The van der Waals surface area contributed by atoms with Gasteiger partial charge in [0, 0.05) is 19.7 Å². The zero-order valence-corrected chi connectivity index (χ0v) is 11.0. The van der Waals surface area contributed by atoms with Crippen molar-refractivity contribution >= 4 is 5.91 Å². The average Bonchev–Trinajstić information content (AvgIpc) is 2.21. The van der Waals surface area contributed by atoms with E-state index in [1.54, 1.807) is 7.11 Å². The van der Waals surface area contributed by atoms with Crippen LogP contribution in [-0.4, -0.2) is 38.8 Å². The third-order valence-corrected chi connectivity index (χ3v) is 2.35. The standard InChI is InChI=1S/C12H26N2O2/c1-10(2)5-6-11(3)14-12(15)9-13-7-8-16-4/h10-11,13H,5-9H2,1-4H3,(H,14,15). The number of ether oxygens (including phenoxy) is 1. The molecule has 1 atom stereocenters. The second-order valence-electron chi connectivity index (χ2n) is 4.61. The van der Waals surface area contributed by atoms with Gasteiger partial charge in [-0.2, -0.15) is 0 Å². The number of nitrogens with one attached hydrogen (secondary N) is 2. The quantitative estimate of drug-likeness (QED) is 0.584. The van der Waals surface area contributed by atoms with Crippen LogP contribution in [0, 0.1) is 5.92 Å². The van der Waals surface area contributed by atoms with Gasteiger partial charge in [0.25, 0.3) is 0 Å². The van der Waals surface area contributed by atoms with Crippen molar-refractivity contribution in [2.75, 3.05) is 26.8 Å². The Kier molecular flexibility index (Phi) is 9.24. The van der Waals surface area contributed by atoms with Crippen molar-refractivity contribution in [2.45, 2.75) is 39.7 Å². The van der Waals surface area contributed by atoms with Gasteiger partial charge in [0.1, 0.15) is 0 Å². The highest BCUT2D eigenvalue weighted by molar-refractivity contribution is 5.78. The topological polar surface area (TPSA) is 50.4 Å². The fourth-order valence-electron chi connectivity index (χ4n) is 1.36. The number of hydrogen-bond donors (Lipinski definition) is 2. The van der Waals surface area contributed by atoms with Crippen LogP contribution in [0.4, 0.5) is 0 Å². The van der Waals surface area contributed by atoms with E-state index in [1.165, 1.54) is 0 Å². The smallest absolute Gasteiger partial charge is 0.234 e. The molecule has 0 aliphatic heterocycles. The number of rotatable bonds is 9. The molecule has 16 heavy (non-hydrogen) atoms. The molecule has 0 aliphatic carbocycles. The van der Waals surface area contributed by atoms with Crippen LogP contribution in [0.5, 0.6) is 0 Å². The Morgan fingerprint density at radius 1 is 1.25 bits per heavy atom. The van der Waals surface area contributed by atoms with Crippen molar-refractivity contribution in [3.05, 3.63) is 0 Å². The summed E-state index contributed by atoms with van der Waals surface area (Å²) in [5.41, 5.74) is 0. The van der Waals surface area contributed by atoms with Crippen LogP contribution in [0.1, 0.15) is 33.6 Å². The van der Waals surface area contributed by atoms with E-state index in [0.717, 1.165) is 12.8 Å². The van der Waals surface area contributed by atoms with E-state index in [4.69, 9.17) is 4.74 Å². The fraction of sp³-hybridized carbons (Fsp3) is 0.917. The normalized spacial score (nSPS) is 12.8. The summed E-state index contributed by atoms with van der Waals surface area (Å²) in [4.78, 5) is 11.4. The molecule has 0 aliphatic rings. The molecule has 0 bridgehead atoms. The fourth-order valence-corrected chi connectivity index (χ4v) is 1.36. The molecule has 4 heteroatoms. The summed E-state index contributed by atoms with van der Waals surface area (Å²) in [5, 5.41) is 5.99. The van der Waals surface area contributed by atoms with Crippen LogP contribution in [0.2, 0.25) is 0 Å². The Morgan fingerprint density at radius 2 is 1.94 bits per heavy atom. The van der Waals surface area contributed by atoms with E-state index in [0.29, 0.717) is 25.6 Å². The lowest BCUT2D eigenvalue weighted by Gasteiger charge is -2.15. The highest BCUT2D eigenvalue weighted by Crippen LogP contribution is 2.05. The van der Waals surface area contributed by atoms with Crippen molar-refractivity contribution in [3.8, 4) is 0 Å². The first-order valence-electron chi connectivity index (χ1n) is 6.05. The SMILES string of the molecule is COCCNCC(=O)NC(C)CCC(C)C. The van der Waals surface area contributed by atoms with E-state index < -0.39 is 0 Å². The van der Waals surface area contributed by atoms with Gasteiger partial charge in [0.2, 0.25) is 5.91 Å². The molecule has 0 rings (SSSR count). The summed E-state index contributed by atoms with van der Waals surface area (Å²) < 4.78 is 4.88. The lowest BCUT2D eigenvalue weighted by molar-refractivity contribution is -0.120. The lowest BCUT2D eigenvalue weighted by Crippen LogP contribution is -2.39. The third-order valence-electron chi connectivity index (χ3n) is 2.35. The van der Waals surface area contributed by atoms with Gasteiger partial charge in [-0.3, -0.25) is 4.79 Å². The molecule has 0 aromatic carbocycles. The second kappa shape index (κ2) is 9.60. The molecule has 0 saturated heterocycles. The van der Waals surface area contributed by atoms with Crippen LogP contribution in [0.15, 0.2) is 0 Å². The van der Waals surface area contributed by atoms with Crippen LogP contribution in [0.3, 0.4) is 0 Å². The van der Waals surface area contributed by atoms with Crippen LogP contribution in [-0.2, 0) is 9.53 Å². The number of hydrogen-bond acceptors (Lipinski definition) is 3. The Labute approximate surface area is 99.1 Å². The number of methoxy groups -OCH3 is 1. The third kappa shape index (κ3) is 9.93. The molecular formula is C12H26N2O2. The van der Waals surface area contributed by atoms with Gasteiger partial charge in [-0.25, -0.2) is 0 Å². The van der Waals surface area contributed by atoms with Crippen LogP contribution < -0.4 is 10.6 Å². The Hall–Kier alpha value is -0.610. The molecule has 1 amide bonds. The second-order valence-corrected chi connectivity index (χ2v) is 4.61. The minimum Gasteiger partial charge on any atom is -0.383 e. The van der Waals surface area contributed by atoms with Gasteiger partial charge in [-0.15, -0.1) is 0 Å². The Morgan fingerprint density at radius 3 is 2.50 bits per heavy atom. The Balaban J connectivity index is 3.46. The molecule has 0 spiro atoms. The maximum atomic E-state index is 11.4.